The Labute approximate surface area is 208 Å². The summed E-state index contributed by atoms with van der Waals surface area (Å²) in [4.78, 5) is 28.1. The minimum absolute atomic E-state index is 0.0566. The van der Waals surface area contributed by atoms with Crippen LogP contribution in [0.5, 0.6) is 0 Å². The Kier molecular flexibility index (Phi) is 9.94. The van der Waals surface area contributed by atoms with Crippen molar-refractivity contribution in [3.8, 4) is 0 Å². The summed E-state index contributed by atoms with van der Waals surface area (Å²) in [7, 11) is -3.76. The van der Waals surface area contributed by atoms with E-state index in [0.717, 1.165) is 22.5 Å². The number of hydrogen-bond acceptors (Lipinski definition) is 4. The van der Waals surface area contributed by atoms with Gasteiger partial charge < -0.3 is 10.2 Å². The van der Waals surface area contributed by atoms with Crippen molar-refractivity contribution in [2.45, 2.75) is 59.2 Å². The molecule has 2 aromatic rings. The van der Waals surface area contributed by atoms with E-state index in [2.05, 4.69) is 5.32 Å². The summed E-state index contributed by atoms with van der Waals surface area (Å²) >= 11 is 6.35. The van der Waals surface area contributed by atoms with Gasteiger partial charge in [-0.3, -0.25) is 13.9 Å². The van der Waals surface area contributed by atoms with Crippen LogP contribution in [-0.4, -0.2) is 50.0 Å². The van der Waals surface area contributed by atoms with Crippen molar-refractivity contribution >= 4 is 39.1 Å². The number of benzene rings is 2. The lowest BCUT2D eigenvalue weighted by Crippen LogP contribution is -2.53. The van der Waals surface area contributed by atoms with Crippen LogP contribution in [0.1, 0.15) is 44.7 Å². The van der Waals surface area contributed by atoms with Crippen molar-refractivity contribution in [1.29, 1.82) is 0 Å². The van der Waals surface area contributed by atoms with E-state index in [-0.39, 0.29) is 18.5 Å². The van der Waals surface area contributed by atoms with Crippen LogP contribution in [0.25, 0.3) is 0 Å². The fourth-order valence-corrected chi connectivity index (χ4v) is 4.54. The molecule has 2 rings (SSSR count). The van der Waals surface area contributed by atoms with Crippen molar-refractivity contribution in [3.63, 3.8) is 0 Å². The molecule has 2 atom stereocenters. The van der Waals surface area contributed by atoms with Crippen LogP contribution in [0.2, 0.25) is 5.02 Å². The number of rotatable bonds is 11. The molecule has 0 aliphatic heterocycles. The van der Waals surface area contributed by atoms with Gasteiger partial charge in [0.25, 0.3) is 0 Å². The average Bonchev–Trinajstić information content (AvgIpc) is 2.78. The van der Waals surface area contributed by atoms with Crippen molar-refractivity contribution in [2.24, 2.45) is 0 Å². The molecule has 0 unspecified atom stereocenters. The van der Waals surface area contributed by atoms with Gasteiger partial charge in [0.1, 0.15) is 12.6 Å². The third-order valence-corrected chi connectivity index (χ3v) is 7.20. The highest BCUT2D eigenvalue weighted by Crippen LogP contribution is 2.22. The molecule has 0 saturated carbocycles. The first kappa shape index (κ1) is 27.7. The molecule has 1 N–H and O–H groups in total. The van der Waals surface area contributed by atoms with Crippen molar-refractivity contribution in [3.05, 3.63) is 64.7 Å². The molecule has 2 amide bonds. The van der Waals surface area contributed by atoms with E-state index in [4.69, 9.17) is 11.6 Å². The maximum absolute atomic E-state index is 13.6. The minimum atomic E-state index is -3.76. The number of halogens is 1. The van der Waals surface area contributed by atoms with E-state index in [1.165, 1.54) is 4.90 Å². The third-order valence-electron chi connectivity index (χ3n) is 5.69. The minimum Gasteiger partial charge on any atom is -0.352 e. The fraction of sp³-hybridized carbons (Fsp3) is 0.440. The molecule has 186 valence electrons. The number of hydrogen-bond donors (Lipinski definition) is 1. The molecule has 0 radical (unpaired) electrons. The Bertz CT molecular complexity index is 1090. The molecule has 2 aromatic carbocycles. The number of carbonyl (C=O) groups is 2. The lowest BCUT2D eigenvalue weighted by atomic mass is 10.1. The second kappa shape index (κ2) is 12.2. The standard InChI is InChI=1S/C25H34ClN3O4S/c1-6-19(4)27-25(31)23(7-2)28(16-20-10-8-9-11-22(20)26)24(30)17-29(34(5,32)33)21-14-12-18(3)13-15-21/h8-15,19,23H,6-7,16-17H2,1-5H3,(H,27,31)/t19-,23-/m1/s1. The van der Waals surface area contributed by atoms with Crippen LogP contribution < -0.4 is 9.62 Å². The summed E-state index contributed by atoms with van der Waals surface area (Å²) in [5, 5.41) is 3.41. The zero-order valence-electron chi connectivity index (χ0n) is 20.4. The quantitative estimate of drug-likeness (QED) is 0.495. The van der Waals surface area contributed by atoms with Crippen LogP contribution in [0, 0.1) is 6.92 Å². The van der Waals surface area contributed by atoms with E-state index in [0.29, 0.717) is 22.7 Å². The predicted molar refractivity (Wildman–Crippen MR) is 137 cm³/mol. The van der Waals surface area contributed by atoms with Gasteiger partial charge >= 0.3 is 0 Å². The summed E-state index contributed by atoms with van der Waals surface area (Å²) < 4.78 is 26.3. The predicted octanol–water partition coefficient (Wildman–Crippen LogP) is 4.14. The SMILES string of the molecule is CC[C@@H](C)NC(=O)[C@@H](CC)N(Cc1ccccc1Cl)C(=O)CN(c1ccc(C)cc1)S(C)(=O)=O. The number of nitrogens with one attached hydrogen (secondary N) is 1. The zero-order chi connectivity index (χ0) is 25.5. The number of aryl methyl sites for hydroxylation is 1. The molecular weight excluding hydrogens is 474 g/mol. The number of carbonyl (C=O) groups excluding carboxylic acids is 2. The Morgan fingerprint density at radius 1 is 1.03 bits per heavy atom. The molecule has 9 heteroatoms. The normalized spacial score (nSPS) is 13.1. The van der Waals surface area contributed by atoms with E-state index >= 15 is 0 Å². The van der Waals surface area contributed by atoms with Gasteiger partial charge in [-0.05, 0) is 50.5 Å². The lowest BCUT2D eigenvalue weighted by molar-refractivity contribution is -0.140. The van der Waals surface area contributed by atoms with Gasteiger partial charge in [0.2, 0.25) is 21.8 Å². The topological polar surface area (TPSA) is 86.8 Å². The van der Waals surface area contributed by atoms with Gasteiger partial charge in [0, 0.05) is 17.6 Å². The van der Waals surface area contributed by atoms with Crippen LogP contribution >= 0.6 is 11.6 Å². The molecule has 0 aromatic heterocycles. The Hall–Kier alpha value is -2.58. The summed E-state index contributed by atoms with van der Waals surface area (Å²) in [5.74, 6) is -0.768. The van der Waals surface area contributed by atoms with E-state index in [1.807, 2.05) is 27.7 Å². The van der Waals surface area contributed by atoms with Crippen molar-refractivity contribution in [2.75, 3.05) is 17.1 Å². The first-order valence-electron chi connectivity index (χ1n) is 11.4. The highest BCUT2D eigenvalue weighted by molar-refractivity contribution is 7.92. The average molecular weight is 508 g/mol. The fourth-order valence-electron chi connectivity index (χ4n) is 3.50. The van der Waals surface area contributed by atoms with Gasteiger partial charge in [-0.15, -0.1) is 0 Å². The summed E-state index contributed by atoms with van der Waals surface area (Å²) in [6.45, 7) is 7.22. The monoisotopic (exact) mass is 507 g/mol. The molecule has 34 heavy (non-hydrogen) atoms. The highest BCUT2D eigenvalue weighted by atomic mass is 35.5. The second-order valence-electron chi connectivity index (χ2n) is 8.46. The smallest absolute Gasteiger partial charge is 0.244 e. The van der Waals surface area contributed by atoms with Crippen molar-refractivity contribution < 1.29 is 18.0 Å². The maximum atomic E-state index is 13.6. The lowest BCUT2D eigenvalue weighted by Gasteiger charge is -2.33. The summed E-state index contributed by atoms with van der Waals surface area (Å²) in [6.07, 6.45) is 2.17. The Balaban J connectivity index is 2.44. The molecule has 0 spiro atoms. The molecule has 0 saturated heterocycles. The maximum Gasteiger partial charge on any atom is 0.244 e. The van der Waals surface area contributed by atoms with E-state index in [1.54, 1.807) is 48.5 Å². The first-order valence-corrected chi connectivity index (χ1v) is 13.6. The highest BCUT2D eigenvalue weighted by Gasteiger charge is 2.32. The Morgan fingerprint density at radius 2 is 1.65 bits per heavy atom. The van der Waals surface area contributed by atoms with Crippen molar-refractivity contribution in [1.82, 2.24) is 10.2 Å². The molecule has 0 aliphatic carbocycles. The van der Waals surface area contributed by atoms with Gasteiger partial charge in [-0.25, -0.2) is 8.42 Å². The molecule has 0 heterocycles. The largest absolute Gasteiger partial charge is 0.352 e. The summed E-state index contributed by atoms with van der Waals surface area (Å²) in [5.41, 5.74) is 2.03. The molecule has 7 nitrogen and oxygen atoms in total. The van der Waals surface area contributed by atoms with E-state index in [9.17, 15) is 18.0 Å². The summed E-state index contributed by atoms with van der Waals surface area (Å²) in [6, 6.07) is 13.2. The first-order chi connectivity index (χ1) is 16.0. The third kappa shape index (κ3) is 7.46. The van der Waals surface area contributed by atoms with Crippen LogP contribution in [0.4, 0.5) is 5.69 Å². The van der Waals surface area contributed by atoms with Crippen LogP contribution in [0.3, 0.4) is 0 Å². The molecular formula is C25H34ClN3O4S. The number of sulfonamides is 1. The van der Waals surface area contributed by atoms with Gasteiger partial charge in [0.15, 0.2) is 0 Å². The Morgan fingerprint density at radius 3 is 2.18 bits per heavy atom. The molecule has 0 fully saturated rings. The molecule has 0 bridgehead atoms. The van der Waals surface area contributed by atoms with Gasteiger partial charge in [-0.1, -0.05) is 61.3 Å². The number of nitrogens with zero attached hydrogens (tertiary/aromatic N) is 2. The van der Waals surface area contributed by atoms with E-state index < -0.39 is 28.5 Å². The van der Waals surface area contributed by atoms with Gasteiger partial charge in [-0.2, -0.15) is 0 Å². The number of anilines is 1. The van der Waals surface area contributed by atoms with Crippen LogP contribution in [0.15, 0.2) is 48.5 Å². The number of amides is 2. The molecule has 0 aliphatic rings. The zero-order valence-corrected chi connectivity index (χ0v) is 22.0. The second-order valence-corrected chi connectivity index (χ2v) is 10.8. The van der Waals surface area contributed by atoms with Gasteiger partial charge in [0.05, 0.1) is 11.9 Å². The van der Waals surface area contributed by atoms with Crippen LogP contribution in [-0.2, 0) is 26.2 Å².